The minimum Gasteiger partial charge on any atom is -0.288 e. The Morgan fingerprint density at radius 2 is 1.81 bits per heavy atom. The second kappa shape index (κ2) is 4.99. The molecule has 0 saturated heterocycles. The number of hydrogen-bond acceptors (Lipinski definition) is 2. The highest BCUT2D eigenvalue weighted by Gasteiger charge is 2.40. The first-order valence-corrected chi connectivity index (χ1v) is 4.72. The van der Waals surface area contributed by atoms with Gasteiger partial charge in [-0.3, -0.25) is 5.32 Å². The average molecular weight is 228 g/mol. The quantitative estimate of drug-likeness (QED) is 0.863. The smallest absolute Gasteiger partial charge is 0.288 e. The van der Waals surface area contributed by atoms with E-state index >= 15 is 0 Å². The first-order chi connectivity index (χ1) is 7.45. The van der Waals surface area contributed by atoms with Crippen molar-refractivity contribution in [2.24, 2.45) is 0 Å². The van der Waals surface area contributed by atoms with Gasteiger partial charge in [0.05, 0.1) is 6.07 Å². The van der Waals surface area contributed by atoms with E-state index in [0.29, 0.717) is 5.56 Å². The molecule has 0 amide bonds. The number of rotatable bonds is 3. The van der Waals surface area contributed by atoms with Gasteiger partial charge in [-0.1, -0.05) is 30.3 Å². The van der Waals surface area contributed by atoms with E-state index in [1.807, 2.05) is 0 Å². The zero-order valence-electron chi connectivity index (χ0n) is 8.62. The van der Waals surface area contributed by atoms with Gasteiger partial charge in [-0.2, -0.15) is 18.4 Å². The molecule has 0 fully saturated rings. The predicted octanol–water partition coefficient (Wildman–Crippen LogP) is 2.79. The molecule has 1 rings (SSSR count). The van der Waals surface area contributed by atoms with Crippen molar-refractivity contribution in [3.63, 3.8) is 0 Å². The van der Waals surface area contributed by atoms with Gasteiger partial charge in [0, 0.05) is 6.04 Å². The molecule has 1 aromatic carbocycles. The van der Waals surface area contributed by atoms with E-state index in [1.54, 1.807) is 37.3 Å². The number of halogens is 3. The van der Waals surface area contributed by atoms with Gasteiger partial charge < -0.3 is 0 Å². The van der Waals surface area contributed by atoms with Gasteiger partial charge in [-0.25, -0.2) is 0 Å². The predicted molar refractivity (Wildman–Crippen MR) is 53.4 cm³/mol. The zero-order valence-corrected chi connectivity index (χ0v) is 8.62. The summed E-state index contributed by atoms with van der Waals surface area (Å²) in [7, 11) is 0. The fourth-order valence-electron chi connectivity index (χ4n) is 1.29. The molecule has 0 heterocycles. The Balaban J connectivity index is 2.72. The van der Waals surface area contributed by atoms with Gasteiger partial charge in [-0.15, -0.1) is 0 Å². The Morgan fingerprint density at radius 1 is 1.25 bits per heavy atom. The maximum Gasteiger partial charge on any atom is 0.417 e. The van der Waals surface area contributed by atoms with Gasteiger partial charge in [0.1, 0.15) is 0 Å². The fraction of sp³-hybridized carbons (Fsp3) is 0.364. The van der Waals surface area contributed by atoms with Crippen molar-refractivity contribution < 1.29 is 13.2 Å². The van der Waals surface area contributed by atoms with Gasteiger partial charge in [0.2, 0.25) is 0 Å². The molecule has 0 saturated carbocycles. The van der Waals surface area contributed by atoms with E-state index in [-0.39, 0.29) is 0 Å². The van der Waals surface area contributed by atoms with E-state index in [4.69, 9.17) is 5.26 Å². The second-order valence-corrected chi connectivity index (χ2v) is 3.40. The van der Waals surface area contributed by atoms with Gasteiger partial charge in [0.15, 0.2) is 6.04 Å². The maximum absolute atomic E-state index is 12.3. The van der Waals surface area contributed by atoms with E-state index < -0.39 is 18.3 Å². The van der Waals surface area contributed by atoms with Crippen LogP contribution in [0.1, 0.15) is 18.5 Å². The van der Waals surface area contributed by atoms with Crippen LogP contribution in [0.4, 0.5) is 13.2 Å². The Hall–Kier alpha value is -1.54. The molecular weight excluding hydrogens is 217 g/mol. The van der Waals surface area contributed by atoms with E-state index in [9.17, 15) is 13.2 Å². The highest BCUT2D eigenvalue weighted by atomic mass is 19.4. The molecule has 16 heavy (non-hydrogen) atoms. The summed E-state index contributed by atoms with van der Waals surface area (Å²) in [6.45, 7) is 1.59. The Kier molecular flexibility index (Phi) is 3.91. The van der Waals surface area contributed by atoms with Crippen LogP contribution in [0, 0.1) is 11.3 Å². The standard InChI is InChI=1S/C11H11F3N2/c1-8(9-5-3-2-4-6-9)16-10(7-15)11(12,13)14/h2-6,8,10,16H,1H3/t8-,10?/m0/s1. The summed E-state index contributed by atoms with van der Waals surface area (Å²) in [6, 6.07) is 7.23. The van der Waals surface area contributed by atoms with Crippen LogP contribution in [0.15, 0.2) is 30.3 Å². The molecule has 0 aliphatic carbocycles. The summed E-state index contributed by atoms with van der Waals surface area (Å²) in [6.07, 6.45) is -4.54. The van der Waals surface area contributed by atoms with Gasteiger partial charge >= 0.3 is 6.18 Å². The number of benzene rings is 1. The molecular formula is C11H11F3N2. The lowest BCUT2D eigenvalue weighted by Crippen LogP contribution is -2.42. The van der Waals surface area contributed by atoms with Crippen LogP contribution in [-0.2, 0) is 0 Å². The normalized spacial score (nSPS) is 15.2. The first-order valence-electron chi connectivity index (χ1n) is 4.72. The third kappa shape index (κ3) is 3.24. The summed E-state index contributed by atoms with van der Waals surface area (Å²) in [5, 5.41) is 10.7. The number of hydrogen-bond donors (Lipinski definition) is 1. The second-order valence-electron chi connectivity index (χ2n) is 3.40. The topological polar surface area (TPSA) is 35.8 Å². The van der Waals surface area contributed by atoms with Crippen molar-refractivity contribution in [3.05, 3.63) is 35.9 Å². The van der Waals surface area contributed by atoms with Gasteiger partial charge in [0.25, 0.3) is 0 Å². The molecule has 2 atom stereocenters. The van der Waals surface area contributed by atoms with Gasteiger partial charge in [-0.05, 0) is 12.5 Å². The van der Waals surface area contributed by atoms with Crippen molar-refractivity contribution in [1.82, 2.24) is 5.32 Å². The van der Waals surface area contributed by atoms with Crippen LogP contribution < -0.4 is 5.32 Å². The minimum absolute atomic E-state index is 0.521. The summed E-state index contributed by atoms with van der Waals surface area (Å²) in [4.78, 5) is 0. The fourth-order valence-corrected chi connectivity index (χ4v) is 1.29. The third-order valence-electron chi connectivity index (χ3n) is 2.17. The minimum atomic E-state index is -4.54. The lowest BCUT2D eigenvalue weighted by Gasteiger charge is -2.20. The number of nitrogens with zero attached hydrogens (tertiary/aromatic N) is 1. The zero-order chi connectivity index (χ0) is 12.2. The highest BCUT2D eigenvalue weighted by molar-refractivity contribution is 5.19. The molecule has 0 radical (unpaired) electrons. The largest absolute Gasteiger partial charge is 0.417 e. The lowest BCUT2D eigenvalue weighted by molar-refractivity contribution is -0.144. The van der Waals surface area contributed by atoms with E-state index in [1.165, 1.54) is 6.07 Å². The van der Waals surface area contributed by atoms with Crippen molar-refractivity contribution in [2.45, 2.75) is 25.2 Å². The van der Waals surface area contributed by atoms with Crippen molar-refractivity contribution in [1.29, 1.82) is 5.26 Å². The lowest BCUT2D eigenvalue weighted by atomic mass is 10.1. The summed E-state index contributed by atoms with van der Waals surface area (Å²) in [5.74, 6) is 0. The number of alkyl halides is 3. The van der Waals surface area contributed by atoms with Crippen LogP contribution in [-0.4, -0.2) is 12.2 Å². The van der Waals surface area contributed by atoms with Crippen LogP contribution in [0.2, 0.25) is 0 Å². The Labute approximate surface area is 91.7 Å². The highest BCUT2D eigenvalue weighted by Crippen LogP contribution is 2.22. The summed E-state index contributed by atoms with van der Waals surface area (Å²) in [5.41, 5.74) is 0.715. The molecule has 1 unspecified atom stereocenters. The summed E-state index contributed by atoms with van der Waals surface area (Å²) >= 11 is 0. The van der Waals surface area contributed by atoms with E-state index in [2.05, 4.69) is 5.32 Å². The number of nitrogens with one attached hydrogen (secondary N) is 1. The third-order valence-corrected chi connectivity index (χ3v) is 2.17. The Morgan fingerprint density at radius 3 is 2.25 bits per heavy atom. The molecule has 86 valence electrons. The van der Waals surface area contributed by atoms with Crippen molar-refractivity contribution >= 4 is 0 Å². The Bertz CT molecular complexity index is 367. The molecule has 0 bridgehead atoms. The molecule has 0 spiro atoms. The average Bonchev–Trinajstić information content (AvgIpc) is 2.25. The van der Waals surface area contributed by atoms with Crippen LogP contribution in [0.3, 0.4) is 0 Å². The van der Waals surface area contributed by atoms with Crippen molar-refractivity contribution in [2.75, 3.05) is 0 Å². The molecule has 1 aromatic rings. The van der Waals surface area contributed by atoms with Crippen LogP contribution in [0.5, 0.6) is 0 Å². The summed E-state index contributed by atoms with van der Waals surface area (Å²) < 4.78 is 36.9. The van der Waals surface area contributed by atoms with E-state index in [0.717, 1.165) is 0 Å². The SMILES string of the molecule is C[C@H](NC(C#N)C(F)(F)F)c1ccccc1. The molecule has 0 aromatic heterocycles. The molecule has 5 heteroatoms. The first kappa shape index (κ1) is 12.5. The van der Waals surface area contributed by atoms with Crippen LogP contribution in [0.25, 0.3) is 0 Å². The molecule has 0 aliphatic heterocycles. The molecule has 1 N–H and O–H groups in total. The number of nitriles is 1. The molecule has 0 aliphatic rings. The van der Waals surface area contributed by atoms with Crippen LogP contribution >= 0.6 is 0 Å². The van der Waals surface area contributed by atoms with Crippen molar-refractivity contribution in [3.8, 4) is 6.07 Å². The molecule has 2 nitrogen and oxygen atoms in total. The monoisotopic (exact) mass is 228 g/mol. The maximum atomic E-state index is 12.3.